The van der Waals surface area contributed by atoms with E-state index < -0.39 is 7.14 Å². The second-order valence-electron chi connectivity index (χ2n) is 6.57. The largest absolute Gasteiger partial charge is 0.314 e. The predicted molar refractivity (Wildman–Crippen MR) is 98.2 cm³/mol. The van der Waals surface area contributed by atoms with Crippen LogP contribution >= 0.6 is 7.14 Å². The standard InChI is InChI=1S/C20H27OP/c1-5-9-17-10-8-12-19(15-17)22(4,21)20-13-7-6-11-18(20)14-16(2)3/h6-8,10-13,15-16H,5,9,14H2,1-4H3. The molecule has 0 amide bonds. The average Bonchev–Trinajstić information content (AvgIpc) is 2.48. The SMILES string of the molecule is CCCc1cccc(P(C)(=O)c2ccccc2CC(C)C)c1. The zero-order chi connectivity index (χ0) is 16.2. The fraction of sp³-hybridized carbons (Fsp3) is 0.400. The van der Waals surface area contributed by atoms with Gasteiger partial charge in [-0.05, 0) is 42.6 Å². The Hall–Kier alpha value is -1.33. The van der Waals surface area contributed by atoms with Gasteiger partial charge in [-0.3, -0.25) is 0 Å². The molecule has 0 fully saturated rings. The molecule has 0 aliphatic rings. The van der Waals surface area contributed by atoms with Gasteiger partial charge in [0.05, 0.1) is 0 Å². The highest BCUT2D eigenvalue weighted by molar-refractivity contribution is 7.78. The van der Waals surface area contributed by atoms with Gasteiger partial charge in [0.15, 0.2) is 0 Å². The van der Waals surface area contributed by atoms with Crippen LogP contribution < -0.4 is 10.6 Å². The fourth-order valence-electron chi connectivity index (χ4n) is 2.94. The number of hydrogen-bond acceptors (Lipinski definition) is 1. The Morgan fingerprint density at radius 1 is 1.05 bits per heavy atom. The van der Waals surface area contributed by atoms with Gasteiger partial charge in [-0.1, -0.05) is 69.7 Å². The minimum absolute atomic E-state index is 0.563. The highest BCUT2D eigenvalue weighted by Crippen LogP contribution is 2.40. The molecule has 0 spiro atoms. The summed E-state index contributed by atoms with van der Waals surface area (Å²) >= 11 is 0. The maximum Gasteiger partial charge on any atom is 0.140 e. The van der Waals surface area contributed by atoms with E-state index >= 15 is 0 Å². The van der Waals surface area contributed by atoms with Crippen LogP contribution in [0.15, 0.2) is 48.5 Å². The molecule has 2 heteroatoms. The van der Waals surface area contributed by atoms with Crippen molar-refractivity contribution in [2.45, 2.75) is 40.0 Å². The molecule has 22 heavy (non-hydrogen) atoms. The lowest BCUT2D eigenvalue weighted by molar-refractivity contribution is 0.589. The van der Waals surface area contributed by atoms with E-state index in [-0.39, 0.29) is 0 Å². The Kier molecular flexibility index (Phi) is 5.64. The van der Waals surface area contributed by atoms with Crippen LogP contribution in [0.2, 0.25) is 0 Å². The average molecular weight is 314 g/mol. The maximum absolute atomic E-state index is 13.6. The van der Waals surface area contributed by atoms with Crippen LogP contribution in [0.1, 0.15) is 38.3 Å². The molecular weight excluding hydrogens is 287 g/mol. The van der Waals surface area contributed by atoms with Crippen molar-refractivity contribution in [3.8, 4) is 0 Å². The van der Waals surface area contributed by atoms with Crippen molar-refractivity contribution in [3.05, 3.63) is 59.7 Å². The van der Waals surface area contributed by atoms with Gasteiger partial charge in [-0.2, -0.15) is 0 Å². The topological polar surface area (TPSA) is 17.1 Å². The molecule has 2 aromatic rings. The Morgan fingerprint density at radius 2 is 1.77 bits per heavy atom. The van der Waals surface area contributed by atoms with Crippen molar-refractivity contribution in [2.75, 3.05) is 6.66 Å². The molecule has 0 radical (unpaired) electrons. The van der Waals surface area contributed by atoms with Crippen LogP contribution in [-0.2, 0) is 17.4 Å². The summed E-state index contributed by atoms with van der Waals surface area (Å²) in [6, 6.07) is 16.6. The van der Waals surface area contributed by atoms with Crippen LogP contribution in [0.25, 0.3) is 0 Å². The minimum atomic E-state index is -2.54. The summed E-state index contributed by atoms with van der Waals surface area (Å²) in [6.45, 7) is 8.51. The summed E-state index contributed by atoms with van der Waals surface area (Å²) in [5, 5.41) is 2.01. The first kappa shape index (κ1) is 17.0. The molecular formula is C20H27OP. The van der Waals surface area contributed by atoms with Crippen molar-refractivity contribution in [2.24, 2.45) is 5.92 Å². The zero-order valence-corrected chi connectivity index (χ0v) is 15.1. The number of aryl methyl sites for hydroxylation is 1. The smallest absolute Gasteiger partial charge is 0.140 e. The monoisotopic (exact) mass is 314 g/mol. The first-order valence-electron chi connectivity index (χ1n) is 8.20. The molecule has 0 aliphatic carbocycles. The van der Waals surface area contributed by atoms with E-state index in [0.717, 1.165) is 29.9 Å². The van der Waals surface area contributed by atoms with E-state index in [1.165, 1.54) is 11.1 Å². The molecule has 118 valence electrons. The fourth-order valence-corrected chi connectivity index (χ4v) is 5.09. The van der Waals surface area contributed by atoms with E-state index in [2.05, 4.69) is 45.0 Å². The van der Waals surface area contributed by atoms with Gasteiger partial charge in [-0.25, -0.2) is 0 Å². The van der Waals surface area contributed by atoms with Gasteiger partial charge in [0.25, 0.3) is 0 Å². The van der Waals surface area contributed by atoms with Crippen LogP contribution in [-0.4, -0.2) is 6.66 Å². The lowest BCUT2D eigenvalue weighted by atomic mass is 10.0. The van der Waals surface area contributed by atoms with Gasteiger partial charge in [0, 0.05) is 10.6 Å². The molecule has 1 atom stereocenters. The van der Waals surface area contributed by atoms with Crippen molar-refractivity contribution >= 4 is 17.8 Å². The molecule has 1 nitrogen and oxygen atoms in total. The molecule has 2 rings (SSSR count). The summed E-state index contributed by atoms with van der Waals surface area (Å²) in [7, 11) is -2.54. The van der Waals surface area contributed by atoms with E-state index in [1.807, 2.05) is 30.9 Å². The third-order valence-corrected chi connectivity index (χ3v) is 6.64. The first-order chi connectivity index (χ1) is 10.4. The summed E-state index contributed by atoms with van der Waals surface area (Å²) < 4.78 is 13.6. The van der Waals surface area contributed by atoms with Gasteiger partial charge in [-0.15, -0.1) is 0 Å². The Morgan fingerprint density at radius 3 is 2.45 bits per heavy atom. The van der Waals surface area contributed by atoms with Gasteiger partial charge in [0.1, 0.15) is 7.14 Å². The zero-order valence-electron chi connectivity index (χ0n) is 14.2. The van der Waals surface area contributed by atoms with Crippen molar-refractivity contribution in [1.82, 2.24) is 0 Å². The van der Waals surface area contributed by atoms with Gasteiger partial charge >= 0.3 is 0 Å². The minimum Gasteiger partial charge on any atom is -0.314 e. The Bertz CT molecular complexity index is 673. The van der Waals surface area contributed by atoms with Gasteiger partial charge < -0.3 is 4.57 Å². The Balaban J connectivity index is 2.46. The normalized spacial score (nSPS) is 14.0. The molecule has 0 bridgehead atoms. The van der Waals surface area contributed by atoms with Crippen molar-refractivity contribution in [1.29, 1.82) is 0 Å². The molecule has 0 heterocycles. The molecule has 1 unspecified atom stereocenters. The van der Waals surface area contributed by atoms with E-state index in [9.17, 15) is 4.57 Å². The van der Waals surface area contributed by atoms with Gasteiger partial charge in [0.2, 0.25) is 0 Å². The van der Waals surface area contributed by atoms with E-state index in [4.69, 9.17) is 0 Å². The molecule has 0 N–H and O–H groups in total. The third kappa shape index (κ3) is 3.90. The number of benzene rings is 2. The Labute approximate surface area is 135 Å². The lowest BCUT2D eigenvalue weighted by Gasteiger charge is -2.19. The van der Waals surface area contributed by atoms with E-state index in [0.29, 0.717) is 5.92 Å². The quantitative estimate of drug-likeness (QED) is 0.701. The molecule has 0 aromatic heterocycles. The second kappa shape index (κ2) is 7.29. The third-order valence-electron chi connectivity index (χ3n) is 4.02. The summed E-state index contributed by atoms with van der Waals surface area (Å²) in [4.78, 5) is 0. The molecule has 0 saturated carbocycles. The first-order valence-corrected chi connectivity index (χ1v) is 10.4. The predicted octanol–water partition coefficient (Wildman–Crippen LogP) is 4.78. The molecule has 0 saturated heterocycles. The van der Waals surface area contributed by atoms with Crippen LogP contribution in [0.3, 0.4) is 0 Å². The number of rotatable bonds is 6. The van der Waals surface area contributed by atoms with E-state index in [1.54, 1.807) is 0 Å². The number of hydrogen-bond donors (Lipinski definition) is 0. The molecule has 2 aromatic carbocycles. The maximum atomic E-state index is 13.6. The van der Waals surface area contributed by atoms with Crippen molar-refractivity contribution in [3.63, 3.8) is 0 Å². The van der Waals surface area contributed by atoms with Crippen molar-refractivity contribution < 1.29 is 4.57 Å². The lowest BCUT2D eigenvalue weighted by Crippen LogP contribution is -2.20. The summed E-state index contributed by atoms with van der Waals surface area (Å²) in [5.41, 5.74) is 2.51. The van der Waals surface area contributed by atoms with Crippen LogP contribution in [0, 0.1) is 5.92 Å². The summed E-state index contributed by atoms with van der Waals surface area (Å²) in [6.07, 6.45) is 3.13. The highest BCUT2D eigenvalue weighted by Gasteiger charge is 2.24. The molecule has 0 aliphatic heterocycles. The second-order valence-corrected chi connectivity index (χ2v) is 9.42. The highest BCUT2D eigenvalue weighted by atomic mass is 31.2. The summed E-state index contributed by atoms with van der Waals surface area (Å²) in [5.74, 6) is 0.563. The van der Waals surface area contributed by atoms with Crippen LogP contribution in [0.4, 0.5) is 0 Å². The van der Waals surface area contributed by atoms with Crippen LogP contribution in [0.5, 0.6) is 0 Å².